The third kappa shape index (κ3) is 2.40. The summed E-state index contributed by atoms with van der Waals surface area (Å²) >= 11 is 0. The summed E-state index contributed by atoms with van der Waals surface area (Å²) in [5.41, 5.74) is 4.27. The van der Waals surface area contributed by atoms with Crippen LogP contribution in [0.25, 0.3) is 16.7 Å². The van der Waals surface area contributed by atoms with Gasteiger partial charge in [0.05, 0.1) is 35.7 Å². The second-order valence-corrected chi connectivity index (χ2v) is 7.77. The largest absolute Gasteiger partial charge is 0.492 e. The SMILES string of the molecule is Cc1ccc(Oc2ccc(-n3c(=O)[nH]c4ccncc43)cn2)c2c1OCC21CC1. The molecule has 6 rings (SSSR count). The van der Waals surface area contributed by atoms with Crippen molar-refractivity contribution in [3.8, 4) is 23.1 Å². The lowest BCUT2D eigenvalue weighted by Gasteiger charge is -2.13. The second kappa shape index (κ2) is 5.70. The van der Waals surface area contributed by atoms with Crippen LogP contribution >= 0.6 is 0 Å². The van der Waals surface area contributed by atoms with E-state index in [1.54, 1.807) is 35.3 Å². The van der Waals surface area contributed by atoms with Crippen LogP contribution in [0, 0.1) is 6.92 Å². The van der Waals surface area contributed by atoms with Gasteiger partial charge in [-0.25, -0.2) is 9.78 Å². The number of hydrogen-bond donors (Lipinski definition) is 1. The first kappa shape index (κ1) is 16.4. The zero-order valence-corrected chi connectivity index (χ0v) is 15.8. The molecule has 1 fully saturated rings. The van der Waals surface area contributed by atoms with Crippen molar-refractivity contribution in [2.24, 2.45) is 0 Å². The van der Waals surface area contributed by atoms with Crippen LogP contribution in [0.15, 0.2) is 53.7 Å². The van der Waals surface area contributed by atoms with Crippen LogP contribution in [-0.4, -0.2) is 26.1 Å². The number of aryl methyl sites for hydroxylation is 1. The number of fused-ring (bicyclic) bond motifs is 3. The number of aromatic amines is 1. The molecule has 1 aliphatic heterocycles. The first-order chi connectivity index (χ1) is 14.1. The van der Waals surface area contributed by atoms with Gasteiger partial charge in [0.15, 0.2) is 0 Å². The number of nitrogens with zero attached hydrogens (tertiary/aromatic N) is 3. The van der Waals surface area contributed by atoms with Crippen molar-refractivity contribution in [2.75, 3.05) is 6.61 Å². The summed E-state index contributed by atoms with van der Waals surface area (Å²) in [6.07, 6.45) is 7.19. The molecule has 7 heteroatoms. The van der Waals surface area contributed by atoms with E-state index in [9.17, 15) is 4.79 Å². The van der Waals surface area contributed by atoms with Crippen LogP contribution in [0.5, 0.6) is 17.4 Å². The molecule has 0 unspecified atom stereocenters. The Kier molecular flexibility index (Phi) is 3.21. The molecular weight excluding hydrogens is 368 g/mol. The number of ether oxygens (including phenoxy) is 2. The normalized spacial score (nSPS) is 16.0. The Balaban J connectivity index is 1.36. The Hall–Kier alpha value is -3.61. The van der Waals surface area contributed by atoms with E-state index in [-0.39, 0.29) is 11.1 Å². The Morgan fingerprint density at radius 2 is 2.07 bits per heavy atom. The van der Waals surface area contributed by atoms with Crippen LogP contribution in [-0.2, 0) is 5.41 Å². The Bertz CT molecular complexity index is 1320. The minimum absolute atomic E-state index is 0.112. The fourth-order valence-corrected chi connectivity index (χ4v) is 4.15. The molecule has 4 aromatic rings. The summed E-state index contributed by atoms with van der Waals surface area (Å²) in [5, 5.41) is 0. The van der Waals surface area contributed by atoms with Gasteiger partial charge in [0.25, 0.3) is 0 Å². The lowest BCUT2D eigenvalue weighted by Crippen LogP contribution is -2.14. The molecule has 0 atom stereocenters. The van der Waals surface area contributed by atoms with Crippen LogP contribution < -0.4 is 15.2 Å². The lowest BCUT2D eigenvalue weighted by atomic mass is 9.95. The van der Waals surface area contributed by atoms with Gasteiger partial charge in [-0.1, -0.05) is 6.07 Å². The van der Waals surface area contributed by atoms with Crippen molar-refractivity contribution in [2.45, 2.75) is 25.2 Å². The van der Waals surface area contributed by atoms with Crippen molar-refractivity contribution in [3.05, 3.63) is 70.5 Å². The van der Waals surface area contributed by atoms with Crippen molar-refractivity contribution in [3.63, 3.8) is 0 Å². The number of benzene rings is 1. The predicted octanol–water partition coefficient (Wildman–Crippen LogP) is 3.63. The van der Waals surface area contributed by atoms with Gasteiger partial charge in [0, 0.05) is 23.2 Å². The molecule has 1 spiro atoms. The maximum Gasteiger partial charge on any atom is 0.331 e. The number of imidazole rings is 1. The second-order valence-electron chi connectivity index (χ2n) is 7.77. The van der Waals surface area contributed by atoms with Gasteiger partial charge in [-0.05, 0) is 43.5 Å². The molecule has 1 saturated carbocycles. The summed E-state index contributed by atoms with van der Waals surface area (Å²) in [4.78, 5) is 23.7. The predicted molar refractivity (Wildman–Crippen MR) is 107 cm³/mol. The first-order valence-electron chi connectivity index (χ1n) is 9.61. The van der Waals surface area contributed by atoms with Crippen LogP contribution in [0.3, 0.4) is 0 Å². The van der Waals surface area contributed by atoms with Crippen LogP contribution in [0.4, 0.5) is 0 Å². The standard InChI is InChI=1S/C22H18N4O3/c1-13-2-4-17(19-20(13)28-12-22(19)7-8-22)29-18-5-3-14(10-24-18)26-16-11-23-9-6-15(16)25-21(26)27/h2-6,9-11H,7-8,12H2,1H3,(H,25,27). The molecule has 0 bridgehead atoms. The average molecular weight is 386 g/mol. The quantitative estimate of drug-likeness (QED) is 0.581. The Labute approximate surface area is 166 Å². The fourth-order valence-electron chi connectivity index (χ4n) is 4.15. The number of rotatable bonds is 3. The van der Waals surface area contributed by atoms with Gasteiger partial charge in [-0.2, -0.15) is 0 Å². The summed E-state index contributed by atoms with van der Waals surface area (Å²) in [5.74, 6) is 2.23. The zero-order valence-electron chi connectivity index (χ0n) is 15.8. The highest BCUT2D eigenvalue weighted by Gasteiger charge is 2.53. The van der Waals surface area contributed by atoms with Crippen molar-refractivity contribution in [1.29, 1.82) is 0 Å². The van der Waals surface area contributed by atoms with E-state index in [1.807, 2.05) is 18.2 Å². The molecule has 0 saturated heterocycles. The maximum atomic E-state index is 12.4. The molecule has 1 N–H and O–H groups in total. The van der Waals surface area contributed by atoms with Gasteiger partial charge >= 0.3 is 5.69 Å². The van der Waals surface area contributed by atoms with Crippen molar-refractivity contribution < 1.29 is 9.47 Å². The smallest absolute Gasteiger partial charge is 0.331 e. The summed E-state index contributed by atoms with van der Waals surface area (Å²) in [7, 11) is 0. The maximum absolute atomic E-state index is 12.4. The summed E-state index contributed by atoms with van der Waals surface area (Å²) < 4.78 is 13.7. The van der Waals surface area contributed by atoms with Crippen molar-refractivity contribution >= 4 is 11.0 Å². The van der Waals surface area contributed by atoms with Gasteiger partial charge in [-0.3, -0.25) is 9.55 Å². The summed E-state index contributed by atoms with van der Waals surface area (Å²) in [6.45, 7) is 2.79. The van der Waals surface area contributed by atoms with Gasteiger partial charge < -0.3 is 14.5 Å². The van der Waals surface area contributed by atoms with E-state index < -0.39 is 0 Å². The highest BCUT2D eigenvalue weighted by molar-refractivity contribution is 5.75. The van der Waals surface area contributed by atoms with E-state index in [1.165, 1.54) is 5.56 Å². The lowest BCUT2D eigenvalue weighted by molar-refractivity contribution is 0.322. The first-order valence-corrected chi connectivity index (χ1v) is 9.61. The zero-order chi connectivity index (χ0) is 19.6. The van der Waals surface area contributed by atoms with Gasteiger partial charge in [0.1, 0.15) is 11.5 Å². The molecule has 2 aliphatic rings. The van der Waals surface area contributed by atoms with E-state index >= 15 is 0 Å². The molecule has 1 aliphatic carbocycles. The van der Waals surface area contributed by atoms with Crippen LogP contribution in [0.1, 0.15) is 24.0 Å². The molecular formula is C22H18N4O3. The molecule has 0 radical (unpaired) electrons. The van der Waals surface area contributed by atoms with E-state index in [4.69, 9.17) is 9.47 Å². The molecule has 29 heavy (non-hydrogen) atoms. The Morgan fingerprint density at radius 1 is 1.17 bits per heavy atom. The molecule has 3 aromatic heterocycles. The van der Waals surface area contributed by atoms with E-state index in [0.717, 1.165) is 42.0 Å². The van der Waals surface area contributed by atoms with E-state index in [2.05, 4.69) is 21.9 Å². The topological polar surface area (TPSA) is 82.0 Å². The monoisotopic (exact) mass is 386 g/mol. The molecule has 1 aromatic carbocycles. The number of pyridine rings is 2. The average Bonchev–Trinajstić information content (AvgIpc) is 3.28. The number of aromatic nitrogens is 4. The van der Waals surface area contributed by atoms with E-state index in [0.29, 0.717) is 17.1 Å². The molecule has 7 nitrogen and oxygen atoms in total. The molecule has 0 amide bonds. The molecule has 144 valence electrons. The fraction of sp³-hybridized carbons (Fsp3) is 0.227. The van der Waals surface area contributed by atoms with Crippen LogP contribution in [0.2, 0.25) is 0 Å². The van der Waals surface area contributed by atoms with Gasteiger partial charge in [0.2, 0.25) is 5.88 Å². The third-order valence-corrected chi connectivity index (χ3v) is 5.87. The Morgan fingerprint density at radius 3 is 2.86 bits per heavy atom. The minimum Gasteiger partial charge on any atom is -0.492 e. The number of H-pyrrole nitrogens is 1. The highest BCUT2D eigenvalue weighted by Crippen LogP contribution is 2.59. The summed E-state index contributed by atoms with van der Waals surface area (Å²) in [6, 6.07) is 9.38. The van der Waals surface area contributed by atoms with Crippen molar-refractivity contribution in [1.82, 2.24) is 19.5 Å². The number of hydrogen-bond acceptors (Lipinski definition) is 5. The third-order valence-electron chi connectivity index (χ3n) is 5.87. The number of nitrogens with one attached hydrogen (secondary N) is 1. The molecule has 4 heterocycles. The minimum atomic E-state index is -0.229. The highest BCUT2D eigenvalue weighted by atomic mass is 16.5. The van der Waals surface area contributed by atoms with Gasteiger partial charge in [-0.15, -0.1) is 0 Å².